The number of carbonyl (C=O) groups excluding carboxylic acids is 2. The third-order valence-corrected chi connectivity index (χ3v) is 5.47. The smallest absolute Gasteiger partial charge is 0.338 e. The molecule has 0 aliphatic heterocycles. The van der Waals surface area contributed by atoms with Crippen LogP contribution in [0.15, 0.2) is 36.9 Å². The normalized spacial score (nSPS) is 23.4. The highest BCUT2D eigenvalue weighted by Crippen LogP contribution is 2.29. The molecule has 7 nitrogen and oxygen atoms in total. The van der Waals surface area contributed by atoms with Crippen molar-refractivity contribution in [1.29, 1.82) is 0 Å². The maximum absolute atomic E-state index is 12.4. The van der Waals surface area contributed by atoms with Crippen LogP contribution in [-0.4, -0.2) is 38.8 Å². The first-order valence-electron chi connectivity index (χ1n) is 9.42. The van der Waals surface area contributed by atoms with Gasteiger partial charge in [0.1, 0.15) is 12.7 Å². The first-order valence-corrected chi connectivity index (χ1v) is 9.42. The number of nitrogens with one attached hydrogen (secondary N) is 1. The van der Waals surface area contributed by atoms with Gasteiger partial charge in [-0.2, -0.15) is 5.10 Å². The van der Waals surface area contributed by atoms with Crippen LogP contribution in [0, 0.1) is 11.8 Å². The second kappa shape index (κ2) is 8.33. The lowest BCUT2D eigenvalue weighted by atomic mass is 9.78. The van der Waals surface area contributed by atoms with Gasteiger partial charge in [-0.3, -0.25) is 4.79 Å². The number of nitrogens with zero attached hydrogens (tertiary/aromatic N) is 3. The zero-order valence-corrected chi connectivity index (χ0v) is 16.0. The van der Waals surface area contributed by atoms with Crippen molar-refractivity contribution in [1.82, 2.24) is 20.1 Å². The minimum atomic E-state index is -0.836. The molecule has 1 fully saturated rings. The van der Waals surface area contributed by atoms with Crippen molar-refractivity contribution in [3.63, 3.8) is 0 Å². The fourth-order valence-electron chi connectivity index (χ4n) is 3.46. The maximum Gasteiger partial charge on any atom is 0.338 e. The summed E-state index contributed by atoms with van der Waals surface area (Å²) in [6.07, 6.45) is 5.47. The monoisotopic (exact) mass is 370 g/mol. The minimum Gasteiger partial charge on any atom is -0.449 e. The van der Waals surface area contributed by atoms with E-state index in [1.165, 1.54) is 12.7 Å². The number of hydrogen-bond acceptors (Lipinski definition) is 5. The van der Waals surface area contributed by atoms with Gasteiger partial charge in [0.15, 0.2) is 6.10 Å². The number of rotatable bonds is 5. The summed E-state index contributed by atoms with van der Waals surface area (Å²) in [5.74, 6) is 0.252. The molecule has 1 saturated carbocycles. The maximum atomic E-state index is 12.4. The number of ether oxygens (including phenoxy) is 1. The van der Waals surface area contributed by atoms with Gasteiger partial charge in [-0.05, 0) is 49.4 Å². The number of aromatic nitrogens is 3. The van der Waals surface area contributed by atoms with Crippen molar-refractivity contribution in [3.8, 4) is 5.69 Å². The molecule has 1 heterocycles. The van der Waals surface area contributed by atoms with Crippen molar-refractivity contribution in [3.05, 3.63) is 42.5 Å². The summed E-state index contributed by atoms with van der Waals surface area (Å²) in [4.78, 5) is 28.7. The molecular weight excluding hydrogens is 344 g/mol. The molecule has 3 rings (SSSR count). The summed E-state index contributed by atoms with van der Waals surface area (Å²) in [5.41, 5.74) is 1.17. The van der Waals surface area contributed by atoms with Gasteiger partial charge in [0.05, 0.1) is 11.3 Å². The third kappa shape index (κ3) is 4.53. The predicted octanol–water partition coefficient (Wildman–Crippen LogP) is 2.75. The molecule has 0 spiro atoms. The van der Waals surface area contributed by atoms with E-state index in [0.717, 1.165) is 18.5 Å². The largest absolute Gasteiger partial charge is 0.449 e. The SMILES string of the molecule is C[C@@H]1[C@H](C)CCC[C@H]1NC(=O)[C@@H](C)OC(=O)c1ccc(-n2cncn2)cc1. The molecule has 0 saturated heterocycles. The van der Waals surface area contributed by atoms with Crippen LogP contribution in [0.1, 0.15) is 50.4 Å². The highest BCUT2D eigenvalue weighted by molar-refractivity contribution is 5.92. The van der Waals surface area contributed by atoms with Crippen molar-refractivity contribution in [2.75, 3.05) is 0 Å². The molecule has 0 unspecified atom stereocenters. The van der Waals surface area contributed by atoms with E-state index < -0.39 is 12.1 Å². The summed E-state index contributed by atoms with van der Waals surface area (Å²) in [6.45, 7) is 5.99. The number of hydrogen-bond donors (Lipinski definition) is 1. The van der Waals surface area contributed by atoms with E-state index in [2.05, 4.69) is 29.2 Å². The van der Waals surface area contributed by atoms with Gasteiger partial charge in [-0.1, -0.05) is 26.7 Å². The predicted molar refractivity (Wildman–Crippen MR) is 100 cm³/mol. The minimum absolute atomic E-state index is 0.143. The standard InChI is InChI=1S/C20H26N4O3/c1-13-5-4-6-18(14(13)2)23-19(25)15(3)27-20(26)16-7-9-17(10-8-16)24-12-21-11-22-24/h7-15,18H,4-6H2,1-3H3,(H,23,25)/t13-,14-,15-,18-/m1/s1. The van der Waals surface area contributed by atoms with Crippen molar-refractivity contribution in [2.45, 2.75) is 52.2 Å². The summed E-state index contributed by atoms with van der Waals surface area (Å²) in [5, 5.41) is 7.08. The summed E-state index contributed by atoms with van der Waals surface area (Å²) in [6, 6.07) is 6.94. The van der Waals surface area contributed by atoms with Gasteiger partial charge >= 0.3 is 5.97 Å². The number of esters is 1. The van der Waals surface area contributed by atoms with Crippen molar-refractivity contribution in [2.24, 2.45) is 11.8 Å². The Morgan fingerprint density at radius 2 is 1.96 bits per heavy atom. The van der Waals surface area contributed by atoms with E-state index in [0.29, 0.717) is 17.4 Å². The summed E-state index contributed by atoms with van der Waals surface area (Å²) in [7, 11) is 0. The Balaban J connectivity index is 1.56. The molecule has 1 N–H and O–H groups in total. The first-order chi connectivity index (χ1) is 13.0. The third-order valence-electron chi connectivity index (χ3n) is 5.47. The fourth-order valence-corrected chi connectivity index (χ4v) is 3.46. The Hall–Kier alpha value is -2.70. The Morgan fingerprint density at radius 3 is 2.63 bits per heavy atom. The lowest BCUT2D eigenvalue weighted by Gasteiger charge is -2.35. The molecular formula is C20H26N4O3. The van der Waals surface area contributed by atoms with Crippen LogP contribution in [0.3, 0.4) is 0 Å². The van der Waals surface area contributed by atoms with Gasteiger partial charge in [0.2, 0.25) is 0 Å². The molecule has 1 amide bonds. The topological polar surface area (TPSA) is 86.1 Å². The van der Waals surface area contributed by atoms with Crippen LogP contribution in [-0.2, 0) is 9.53 Å². The quantitative estimate of drug-likeness (QED) is 0.818. The lowest BCUT2D eigenvalue weighted by Crippen LogP contribution is -2.47. The Morgan fingerprint density at radius 1 is 1.22 bits per heavy atom. The molecule has 1 aliphatic rings. The van der Waals surface area contributed by atoms with Crippen LogP contribution in [0.5, 0.6) is 0 Å². The van der Waals surface area contributed by atoms with E-state index in [1.807, 2.05) is 0 Å². The lowest BCUT2D eigenvalue weighted by molar-refractivity contribution is -0.130. The molecule has 1 aliphatic carbocycles. The average molecular weight is 370 g/mol. The van der Waals surface area contributed by atoms with Crippen LogP contribution in [0.25, 0.3) is 5.69 Å². The second-order valence-electron chi connectivity index (χ2n) is 7.32. The van der Waals surface area contributed by atoms with Crippen LogP contribution < -0.4 is 5.32 Å². The second-order valence-corrected chi connectivity index (χ2v) is 7.32. The van der Waals surface area contributed by atoms with Gasteiger partial charge < -0.3 is 10.1 Å². The van der Waals surface area contributed by atoms with Crippen molar-refractivity contribution >= 4 is 11.9 Å². The molecule has 1 aromatic heterocycles. The number of carbonyl (C=O) groups is 2. The Bertz CT molecular complexity index is 773. The van der Waals surface area contributed by atoms with Crippen LogP contribution in [0.4, 0.5) is 0 Å². The van der Waals surface area contributed by atoms with E-state index in [-0.39, 0.29) is 11.9 Å². The van der Waals surface area contributed by atoms with Crippen LogP contribution in [0.2, 0.25) is 0 Å². The average Bonchev–Trinajstić information content (AvgIpc) is 3.20. The van der Waals surface area contributed by atoms with E-state index in [4.69, 9.17) is 4.74 Å². The van der Waals surface area contributed by atoms with Gasteiger partial charge in [0, 0.05) is 6.04 Å². The molecule has 2 aromatic rings. The number of amides is 1. The molecule has 144 valence electrons. The van der Waals surface area contributed by atoms with E-state index in [1.54, 1.807) is 42.2 Å². The van der Waals surface area contributed by atoms with E-state index >= 15 is 0 Å². The zero-order chi connectivity index (χ0) is 19.4. The summed E-state index contributed by atoms with van der Waals surface area (Å²) >= 11 is 0. The molecule has 0 radical (unpaired) electrons. The molecule has 1 aromatic carbocycles. The van der Waals surface area contributed by atoms with Gasteiger partial charge in [-0.15, -0.1) is 0 Å². The highest BCUT2D eigenvalue weighted by atomic mass is 16.5. The number of benzene rings is 1. The fraction of sp³-hybridized carbons (Fsp3) is 0.500. The molecule has 0 bridgehead atoms. The Labute approximate surface area is 159 Å². The molecule has 4 atom stereocenters. The highest BCUT2D eigenvalue weighted by Gasteiger charge is 2.30. The van der Waals surface area contributed by atoms with Crippen molar-refractivity contribution < 1.29 is 14.3 Å². The first kappa shape index (κ1) is 19.1. The van der Waals surface area contributed by atoms with Crippen LogP contribution >= 0.6 is 0 Å². The zero-order valence-electron chi connectivity index (χ0n) is 16.0. The molecule has 7 heteroatoms. The van der Waals surface area contributed by atoms with E-state index in [9.17, 15) is 9.59 Å². The van der Waals surface area contributed by atoms with Gasteiger partial charge in [-0.25, -0.2) is 14.5 Å². The summed E-state index contributed by atoms with van der Waals surface area (Å²) < 4.78 is 6.94. The Kier molecular flexibility index (Phi) is 5.88. The van der Waals surface area contributed by atoms with Gasteiger partial charge in [0.25, 0.3) is 5.91 Å². The molecule has 27 heavy (non-hydrogen) atoms.